The van der Waals surface area contributed by atoms with Crippen molar-refractivity contribution in [1.29, 1.82) is 5.26 Å². The van der Waals surface area contributed by atoms with Gasteiger partial charge in [-0.05, 0) is 64.5 Å². The van der Waals surface area contributed by atoms with Crippen molar-refractivity contribution in [1.82, 2.24) is 9.97 Å². The van der Waals surface area contributed by atoms with Gasteiger partial charge in [-0.2, -0.15) is 5.26 Å². The van der Waals surface area contributed by atoms with Gasteiger partial charge in [0.15, 0.2) is 0 Å². The molecule has 0 aliphatic carbocycles. The normalized spacial score (nSPS) is 13.9. The van der Waals surface area contributed by atoms with E-state index in [9.17, 15) is 10.1 Å². The molecule has 0 spiro atoms. The third-order valence-electron chi connectivity index (χ3n) is 6.03. The summed E-state index contributed by atoms with van der Waals surface area (Å²) in [7, 11) is 0. The first-order chi connectivity index (χ1) is 17.7. The summed E-state index contributed by atoms with van der Waals surface area (Å²) in [5, 5.41) is 12.3. The predicted molar refractivity (Wildman–Crippen MR) is 146 cm³/mol. The molecule has 0 unspecified atom stereocenters. The first kappa shape index (κ1) is 27.6. The monoisotopic (exact) mass is 501 g/mol. The first-order valence-corrected chi connectivity index (χ1v) is 12.4. The fourth-order valence-electron chi connectivity index (χ4n) is 3.87. The second-order valence-corrected chi connectivity index (χ2v) is 9.42. The SMILES string of the molecule is C=C/C(=C\C(=C(C)C)c1cnc(OCC)c(N2CCOCC2)c1)C(=O)Nc1ccnc(C(C)(C)C#N)c1. The van der Waals surface area contributed by atoms with Gasteiger partial charge in [-0.15, -0.1) is 0 Å². The number of rotatable bonds is 9. The molecule has 3 heterocycles. The number of anilines is 2. The number of nitrogens with zero attached hydrogens (tertiary/aromatic N) is 4. The Morgan fingerprint density at radius 2 is 2.03 bits per heavy atom. The fourth-order valence-corrected chi connectivity index (χ4v) is 3.87. The number of amides is 1. The number of aromatic nitrogens is 2. The van der Waals surface area contributed by atoms with E-state index in [1.165, 1.54) is 6.08 Å². The molecular weight excluding hydrogens is 466 g/mol. The van der Waals surface area contributed by atoms with E-state index in [-0.39, 0.29) is 5.91 Å². The van der Waals surface area contributed by atoms with Crippen molar-refractivity contribution in [3.8, 4) is 11.9 Å². The molecule has 1 fully saturated rings. The molecule has 2 aromatic heterocycles. The number of pyridine rings is 2. The Labute approximate surface area is 219 Å². The number of carbonyl (C=O) groups is 1. The van der Waals surface area contributed by atoms with Crippen LogP contribution in [0.3, 0.4) is 0 Å². The minimum atomic E-state index is -0.772. The van der Waals surface area contributed by atoms with Gasteiger partial charge < -0.3 is 19.7 Å². The van der Waals surface area contributed by atoms with E-state index >= 15 is 0 Å². The molecule has 0 aromatic carbocycles. The van der Waals surface area contributed by atoms with Gasteiger partial charge in [0.1, 0.15) is 5.69 Å². The molecule has 0 saturated carbocycles. The van der Waals surface area contributed by atoms with Crippen LogP contribution in [0, 0.1) is 11.3 Å². The molecule has 2 aromatic rings. The average molecular weight is 502 g/mol. The van der Waals surface area contributed by atoms with Crippen molar-refractivity contribution in [2.45, 2.75) is 40.0 Å². The summed E-state index contributed by atoms with van der Waals surface area (Å²) in [6.45, 7) is 16.7. The van der Waals surface area contributed by atoms with Crippen LogP contribution in [0.1, 0.15) is 45.9 Å². The van der Waals surface area contributed by atoms with E-state index in [1.807, 2.05) is 26.8 Å². The van der Waals surface area contributed by atoms with Crippen LogP contribution in [0.15, 0.2) is 60.5 Å². The number of hydrogen-bond acceptors (Lipinski definition) is 7. The molecule has 8 heteroatoms. The summed E-state index contributed by atoms with van der Waals surface area (Å²) in [5.41, 5.74) is 4.44. The minimum absolute atomic E-state index is 0.312. The smallest absolute Gasteiger partial charge is 0.255 e. The van der Waals surface area contributed by atoms with Gasteiger partial charge in [-0.25, -0.2) is 4.98 Å². The van der Waals surface area contributed by atoms with Crippen LogP contribution in [0.2, 0.25) is 0 Å². The van der Waals surface area contributed by atoms with E-state index in [2.05, 4.69) is 38.9 Å². The van der Waals surface area contributed by atoms with Crippen molar-refractivity contribution in [2.24, 2.45) is 0 Å². The lowest BCUT2D eigenvalue weighted by atomic mass is 9.90. The highest BCUT2D eigenvalue weighted by Gasteiger charge is 2.22. The molecule has 0 radical (unpaired) electrons. The summed E-state index contributed by atoms with van der Waals surface area (Å²) in [6.07, 6.45) is 6.71. The molecule has 8 nitrogen and oxygen atoms in total. The van der Waals surface area contributed by atoms with E-state index in [4.69, 9.17) is 9.47 Å². The zero-order chi connectivity index (χ0) is 27.0. The Hall–Kier alpha value is -3.96. The van der Waals surface area contributed by atoms with Gasteiger partial charge in [0.25, 0.3) is 5.91 Å². The lowest BCUT2D eigenvalue weighted by Crippen LogP contribution is -2.36. The van der Waals surface area contributed by atoms with Crippen LogP contribution in [0.25, 0.3) is 5.57 Å². The van der Waals surface area contributed by atoms with E-state index in [1.54, 1.807) is 38.4 Å². The predicted octanol–water partition coefficient (Wildman–Crippen LogP) is 5.06. The third kappa shape index (κ3) is 6.83. The van der Waals surface area contributed by atoms with Gasteiger partial charge >= 0.3 is 0 Å². The van der Waals surface area contributed by atoms with Crippen LogP contribution >= 0.6 is 0 Å². The van der Waals surface area contributed by atoms with Crippen LogP contribution < -0.4 is 15.0 Å². The quantitative estimate of drug-likeness (QED) is 0.379. The maximum absolute atomic E-state index is 13.2. The van der Waals surface area contributed by atoms with Crippen molar-refractivity contribution >= 4 is 22.9 Å². The van der Waals surface area contributed by atoms with Crippen LogP contribution in [-0.2, 0) is 14.9 Å². The van der Waals surface area contributed by atoms with E-state index in [0.717, 1.165) is 35.5 Å². The second-order valence-electron chi connectivity index (χ2n) is 9.42. The Morgan fingerprint density at radius 3 is 2.65 bits per heavy atom. The molecule has 1 aliphatic rings. The topological polar surface area (TPSA) is 100 Å². The van der Waals surface area contributed by atoms with Crippen LogP contribution in [0.4, 0.5) is 11.4 Å². The fraction of sp³-hybridized carbons (Fsp3) is 0.379. The van der Waals surface area contributed by atoms with Crippen molar-refractivity contribution in [3.63, 3.8) is 0 Å². The van der Waals surface area contributed by atoms with Gasteiger partial charge in [0, 0.05) is 42.3 Å². The average Bonchev–Trinajstić information content (AvgIpc) is 2.90. The zero-order valence-electron chi connectivity index (χ0n) is 22.3. The number of nitriles is 1. The summed E-state index contributed by atoms with van der Waals surface area (Å²) < 4.78 is 11.3. The molecule has 3 rings (SSSR count). The summed E-state index contributed by atoms with van der Waals surface area (Å²) in [5.74, 6) is 0.272. The van der Waals surface area contributed by atoms with Gasteiger partial charge in [-0.3, -0.25) is 9.78 Å². The maximum atomic E-state index is 13.2. The third-order valence-corrected chi connectivity index (χ3v) is 6.03. The second kappa shape index (κ2) is 12.3. The Morgan fingerprint density at radius 1 is 1.30 bits per heavy atom. The number of carbonyl (C=O) groups excluding carboxylic acids is 1. The number of nitrogens with one attached hydrogen (secondary N) is 1. The van der Waals surface area contributed by atoms with Crippen molar-refractivity contribution in [2.75, 3.05) is 43.1 Å². The zero-order valence-corrected chi connectivity index (χ0v) is 22.3. The highest BCUT2D eigenvalue weighted by atomic mass is 16.5. The van der Waals surface area contributed by atoms with Crippen molar-refractivity contribution < 1.29 is 14.3 Å². The van der Waals surface area contributed by atoms with Gasteiger partial charge in [0.2, 0.25) is 5.88 Å². The Balaban J connectivity index is 1.94. The molecule has 1 N–H and O–H groups in total. The summed E-state index contributed by atoms with van der Waals surface area (Å²) in [4.78, 5) is 24.3. The molecule has 194 valence electrons. The maximum Gasteiger partial charge on any atom is 0.255 e. The van der Waals surface area contributed by atoms with Crippen LogP contribution in [0.5, 0.6) is 5.88 Å². The highest BCUT2D eigenvalue weighted by molar-refractivity contribution is 6.07. The number of ether oxygens (including phenoxy) is 2. The molecule has 1 amide bonds. The lowest BCUT2D eigenvalue weighted by molar-refractivity contribution is -0.112. The first-order valence-electron chi connectivity index (χ1n) is 12.4. The molecular formula is C29H35N5O3. The lowest BCUT2D eigenvalue weighted by Gasteiger charge is -2.30. The standard InChI is InChI=1S/C29H35N5O3/c1-7-21(27(35)33-23-9-10-31-26(17-23)29(5,6)19-30)15-24(20(3)4)22-16-25(28(32-18-22)37-8-2)34-11-13-36-14-12-34/h7,9-10,15-18H,1,8,11-14H2,2-6H3,(H,31,33,35)/b21-15+. The van der Waals surface area contributed by atoms with E-state index < -0.39 is 5.41 Å². The molecule has 0 atom stereocenters. The largest absolute Gasteiger partial charge is 0.476 e. The Kier molecular flexibility index (Phi) is 9.20. The number of hydrogen-bond donors (Lipinski definition) is 1. The number of morpholine rings is 1. The summed E-state index contributed by atoms with van der Waals surface area (Å²) in [6, 6.07) is 7.70. The molecule has 1 saturated heterocycles. The van der Waals surface area contributed by atoms with Gasteiger partial charge in [-0.1, -0.05) is 18.2 Å². The highest BCUT2D eigenvalue weighted by Crippen LogP contribution is 2.32. The number of allylic oxidation sites excluding steroid dienone is 3. The summed E-state index contributed by atoms with van der Waals surface area (Å²) >= 11 is 0. The Bertz CT molecular complexity index is 1250. The van der Waals surface area contributed by atoms with Crippen molar-refractivity contribution in [3.05, 3.63) is 71.7 Å². The molecule has 0 bridgehead atoms. The molecule has 1 aliphatic heterocycles. The van der Waals surface area contributed by atoms with Crippen LogP contribution in [-0.4, -0.2) is 48.8 Å². The minimum Gasteiger partial charge on any atom is -0.476 e. The molecule has 37 heavy (non-hydrogen) atoms. The van der Waals surface area contributed by atoms with Gasteiger partial charge in [0.05, 0.1) is 37.0 Å². The van der Waals surface area contributed by atoms with E-state index in [0.29, 0.717) is 42.7 Å².